The number of amides is 1. The van der Waals surface area contributed by atoms with Gasteiger partial charge in [0.25, 0.3) is 5.91 Å². The molecule has 8 nitrogen and oxygen atoms in total. The number of benzene rings is 3. The summed E-state index contributed by atoms with van der Waals surface area (Å²) in [5.74, 6) is 0.933. The predicted molar refractivity (Wildman–Crippen MR) is 131 cm³/mol. The van der Waals surface area contributed by atoms with Crippen molar-refractivity contribution in [1.29, 1.82) is 0 Å². The average molecular weight is 495 g/mol. The molecule has 3 aromatic carbocycles. The van der Waals surface area contributed by atoms with Crippen molar-refractivity contribution in [2.45, 2.75) is 12.8 Å². The van der Waals surface area contributed by atoms with Crippen LogP contribution in [0, 0.1) is 16.0 Å². The van der Waals surface area contributed by atoms with Crippen LogP contribution in [-0.2, 0) is 0 Å². The van der Waals surface area contributed by atoms with E-state index in [1.807, 2.05) is 0 Å². The van der Waals surface area contributed by atoms with Crippen molar-refractivity contribution in [3.8, 4) is 17.2 Å². The number of ether oxygens (including phenoxy) is 2. The summed E-state index contributed by atoms with van der Waals surface area (Å²) < 4.78 is 10.8. The molecule has 9 heteroatoms. The van der Waals surface area contributed by atoms with Gasteiger partial charge in [-0.3, -0.25) is 19.7 Å². The van der Waals surface area contributed by atoms with Crippen LogP contribution in [0.2, 0.25) is 5.02 Å². The highest BCUT2D eigenvalue weighted by molar-refractivity contribution is 6.30. The number of ketones is 1. The van der Waals surface area contributed by atoms with Gasteiger partial charge < -0.3 is 14.4 Å². The summed E-state index contributed by atoms with van der Waals surface area (Å²) in [5, 5.41) is 11.5. The van der Waals surface area contributed by atoms with Crippen LogP contribution in [0.1, 0.15) is 33.6 Å². The summed E-state index contributed by atoms with van der Waals surface area (Å²) in [6.07, 6.45) is 1.19. The molecule has 0 aliphatic carbocycles. The van der Waals surface area contributed by atoms with Gasteiger partial charge in [-0.2, -0.15) is 0 Å². The van der Waals surface area contributed by atoms with Gasteiger partial charge in [-0.25, -0.2) is 0 Å². The summed E-state index contributed by atoms with van der Waals surface area (Å²) in [5.41, 5.74) is 0.875. The van der Waals surface area contributed by atoms with E-state index in [4.69, 9.17) is 21.1 Å². The van der Waals surface area contributed by atoms with Gasteiger partial charge in [0.1, 0.15) is 11.5 Å². The van der Waals surface area contributed by atoms with Crippen molar-refractivity contribution in [1.82, 2.24) is 4.90 Å². The van der Waals surface area contributed by atoms with Gasteiger partial charge in [0.15, 0.2) is 5.78 Å². The molecule has 3 aromatic rings. The smallest absolute Gasteiger partial charge is 0.313 e. The van der Waals surface area contributed by atoms with Gasteiger partial charge in [-0.05, 0) is 73.5 Å². The molecule has 0 saturated carbocycles. The Kier molecular flexibility index (Phi) is 7.31. The number of hydrogen-bond acceptors (Lipinski definition) is 6. The maximum Gasteiger partial charge on any atom is 0.313 e. The zero-order valence-corrected chi connectivity index (χ0v) is 19.7. The second kappa shape index (κ2) is 10.6. The third-order valence-electron chi connectivity index (χ3n) is 5.97. The van der Waals surface area contributed by atoms with Gasteiger partial charge in [0, 0.05) is 41.2 Å². The van der Waals surface area contributed by atoms with Crippen molar-refractivity contribution in [2.75, 3.05) is 20.2 Å². The highest BCUT2D eigenvalue weighted by Gasteiger charge is 2.28. The van der Waals surface area contributed by atoms with Crippen LogP contribution in [0.15, 0.2) is 66.7 Å². The molecular weight excluding hydrogens is 472 g/mol. The average Bonchev–Trinajstić information content (AvgIpc) is 2.89. The number of nitro groups is 1. The predicted octanol–water partition coefficient (Wildman–Crippen LogP) is 5.78. The number of Topliss-reactive ketones (excluding diaryl/α,β-unsaturated/α-hetero) is 1. The first-order chi connectivity index (χ1) is 16.9. The Balaban J connectivity index is 1.36. The summed E-state index contributed by atoms with van der Waals surface area (Å²) in [7, 11) is 1.58. The lowest BCUT2D eigenvalue weighted by atomic mass is 9.88. The van der Waals surface area contributed by atoms with E-state index in [0.29, 0.717) is 48.6 Å². The first kappa shape index (κ1) is 24.2. The zero-order valence-electron chi connectivity index (χ0n) is 19.0. The minimum absolute atomic E-state index is 0.0575. The molecule has 0 N–H and O–H groups in total. The molecule has 0 spiro atoms. The topological polar surface area (TPSA) is 99.0 Å². The van der Waals surface area contributed by atoms with E-state index in [2.05, 4.69) is 0 Å². The summed E-state index contributed by atoms with van der Waals surface area (Å²) in [4.78, 5) is 38.2. The Hall–Kier alpha value is -3.91. The second-order valence-corrected chi connectivity index (χ2v) is 8.59. The Labute approximate surface area is 207 Å². The number of likely N-dealkylation sites (tertiary alicyclic amines) is 1. The molecule has 0 unspecified atom stereocenters. The van der Waals surface area contributed by atoms with Gasteiger partial charge >= 0.3 is 5.69 Å². The van der Waals surface area contributed by atoms with Crippen LogP contribution in [0.4, 0.5) is 5.69 Å². The molecule has 0 radical (unpaired) electrons. The molecule has 0 aromatic heterocycles. The van der Waals surface area contributed by atoms with E-state index in [-0.39, 0.29) is 34.1 Å². The van der Waals surface area contributed by atoms with E-state index in [1.165, 1.54) is 18.2 Å². The Morgan fingerprint density at radius 2 is 1.54 bits per heavy atom. The molecule has 1 fully saturated rings. The van der Waals surface area contributed by atoms with E-state index in [1.54, 1.807) is 60.5 Å². The van der Waals surface area contributed by atoms with Gasteiger partial charge in [-0.15, -0.1) is 0 Å². The fourth-order valence-corrected chi connectivity index (χ4v) is 4.20. The van der Waals surface area contributed by atoms with Crippen molar-refractivity contribution in [3.63, 3.8) is 0 Å². The fourth-order valence-electron chi connectivity index (χ4n) is 4.03. The normalized spacial score (nSPS) is 13.8. The number of hydrogen-bond donors (Lipinski definition) is 0. The van der Waals surface area contributed by atoms with Crippen LogP contribution in [0.3, 0.4) is 0 Å². The maximum atomic E-state index is 12.9. The molecule has 180 valence electrons. The minimum atomic E-state index is -0.567. The zero-order chi connectivity index (χ0) is 24.9. The molecule has 1 saturated heterocycles. The quantitative estimate of drug-likeness (QED) is 0.234. The van der Waals surface area contributed by atoms with Crippen LogP contribution in [-0.4, -0.2) is 41.7 Å². The lowest BCUT2D eigenvalue weighted by molar-refractivity contribution is -0.385. The van der Waals surface area contributed by atoms with Gasteiger partial charge in [-0.1, -0.05) is 11.6 Å². The molecule has 1 aliphatic rings. The van der Waals surface area contributed by atoms with E-state index in [0.717, 1.165) is 0 Å². The largest absolute Gasteiger partial charge is 0.497 e. The lowest BCUT2D eigenvalue weighted by Crippen LogP contribution is -2.40. The van der Waals surface area contributed by atoms with Crippen molar-refractivity contribution in [2.24, 2.45) is 5.92 Å². The number of piperidine rings is 1. The van der Waals surface area contributed by atoms with Gasteiger partial charge in [0.2, 0.25) is 5.75 Å². The summed E-state index contributed by atoms with van der Waals surface area (Å²) in [6.45, 7) is 0.973. The SMILES string of the molecule is COc1ccc(C(=O)C2CCN(C(=O)c3ccc(Oc4ccc(Cl)cc4[N+](=O)[O-])cc3)CC2)cc1. The molecule has 1 aliphatic heterocycles. The van der Waals surface area contributed by atoms with Crippen molar-refractivity contribution >= 4 is 29.0 Å². The molecule has 35 heavy (non-hydrogen) atoms. The third-order valence-corrected chi connectivity index (χ3v) is 6.21. The van der Waals surface area contributed by atoms with E-state index in [9.17, 15) is 19.7 Å². The van der Waals surface area contributed by atoms with Crippen molar-refractivity contribution in [3.05, 3.63) is 93.0 Å². The van der Waals surface area contributed by atoms with Crippen molar-refractivity contribution < 1.29 is 24.0 Å². The minimum Gasteiger partial charge on any atom is -0.497 e. The monoisotopic (exact) mass is 494 g/mol. The van der Waals surface area contributed by atoms with E-state index < -0.39 is 4.92 Å². The molecule has 1 heterocycles. The highest BCUT2D eigenvalue weighted by atomic mass is 35.5. The number of carbonyl (C=O) groups excluding carboxylic acids is 2. The number of nitro benzene ring substituents is 1. The molecule has 0 atom stereocenters. The van der Waals surface area contributed by atoms with E-state index >= 15 is 0 Å². The van der Waals surface area contributed by atoms with Gasteiger partial charge in [0.05, 0.1) is 12.0 Å². The lowest BCUT2D eigenvalue weighted by Gasteiger charge is -2.31. The maximum absolute atomic E-state index is 12.9. The van der Waals surface area contributed by atoms with Crippen LogP contribution in [0.25, 0.3) is 0 Å². The molecule has 0 bridgehead atoms. The number of nitrogens with zero attached hydrogens (tertiary/aromatic N) is 2. The summed E-state index contributed by atoms with van der Waals surface area (Å²) >= 11 is 5.84. The number of rotatable bonds is 7. The number of carbonyl (C=O) groups is 2. The first-order valence-electron chi connectivity index (χ1n) is 11.0. The second-order valence-electron chi connectivity index (χ2n) is 8.15. The fraction of sp³-hybridized carbons (Fsp3) is 0.231. The van der Waals surface area contributed by atoms with Crippen LogP contribution >= 0.6 is 11.6 Å². The highest BCUT2D eigenvalue weighted by Crippen LogP contribution is 2.34. The number of halogens is 1. The Morgan fingerprint density at radius 1 is 0.943 bits per heavy atom. The number of methoxy groups -OCH3 is 1. The molecule has 1 amide bonds. The van der Waals surface area contributed by atoms with Crippen LogP contribution < -0.4 is 9.47 Å². The Bertz CT molecular complexity index is 1240. The molecular formula is C26H23ClN2O6. The Morgan fingerprint density at radius 3 is 2.14 bits per heavy atom. The van der Waals surface area contributed by atoms with Crippen LogP contribution in [0.5, 0.6) is 17.2 Å². The summed E-state index contributed by atoms with van der Waals surface area (Å²) in [6, 6.07) is 17.6. The third kappa shape index (κ3) is 5.60. The molecule has 4 rings (SSSR count). The first-order valence-corrected chi connectivity index (χ1v) is 11.4. The standard InChI is InChI=1S/C26H23ClN2O6/c1-34-21-7-2-17(3-8-21)25(30)18-12-14-28(15-13-18)26(31)19-4-9-22(10-5-19)35-24-11-6-20(27)16-23(24)29(32)33/h2-11,16,18H,12-15H2,1H3.